The molecule has 2 heterocycles. The van der Waals surface area contributed by atoms with Crippen LogP contribution in [0.25, 0.3) is 10.6 Å². The largest absolute Gasteiger partial charge is 0.492 e. The Kier molecular flexibility index (Phi) is 6.82. The van der Waals surface area contributed by atoms with Crippen molar-refractivity contribution in [3.05, 3.63) is 70.7 Å². The molecule has 0 fully saturated rings. The maximum absolute atomic E-state index is 12.5. The molecule has 2 aromatic carbocycles. The zero-order chi connectivity index (χ0) is 22.5. The Morgan fingerprint density at radius 2 is 1.88 bits per heavy atom. The third-order valence-corrected chi connectivity index (χ3v) is 6.50. The molecule has 6 nitrogen and oxygen atoms in total. The van der Waals surface area contributed by atoms with Gasteiger partial charge in [0.15, 0.2) is 10.3 Å². The van der Waals surface area contributed by atoms with Gasteiger partial charge >= 0.3 is 0 Å². The summed E-state index contributed by atoms with van der Waals surface area (Å²) in [6.45, 7) is 6.66. The van der Waals surface area contributed by atoms with E-state index in [-0.39, 0.29) is 5.91 Å². The van der Waals surface area contributed by atoms with E-state index in [0.717, 1.165) is 44.8 Å². The maximum atomic E-state index is 12.5. The second kappa shape index (κ2) is 9.93. The summed E-state index contributed by atoms with van der Waals surface area (Å²) in [7, 11) is 0. The lowest BCUT2D eigenvalue weighted by Crippen LogP contribution is -2.11. The van der Waals surface area contributed by atoms with E-state index in [2.05, 4.69) is 15.6 Å². The number of thiazole rings is 2. The summed E-state index contributed by atoms with van der Waals surface area (Å²) in [4.78, 5) is 22.9. The minimum Gasteiger partial charge on any atom is -0.492 e. The lowest BCUT2D eigenvalue weighted by atomic mass is 10.2. The van der Waals surface area contributed by atoms with Crippen LogP contribution < -0.4 is 15.4 Å². The molecule has 4 aromatic rings. The molecule has 0 aliphatic rings. The van der Waals surface area contributed by atoms with E-state index in [1.54, 1.807) is 12.1 Å². The third-order valence-electron chi connectivity index (χ3n) is 4.70. The van der Waals surface area contributed by atoms with Gasteiger partial charge in [-0.25, -0.2) is 9.97 Å². The average molecular weight is 465 g/mol. The fourth-order valence-electron chi connectivity index (χ4n) is 3.18. The molecule has 32 heavy (non-hydrogen) atoms. The highest BCUT2D eigenvalue weighted by Gasteiger charge is 2.17. The molecule has 0 unspecified atom stereocenters. The number of ether oxygens (including phenoxy) is 1. The van der Waals surface area contributed by atoms with E-state index in [9.17, 15) is 4.79 Å². The lowest BCUT2D eigenvalue weighted by molar-refractivity contribution is 0.102. The van der Waals surface area contributed by atoms with Gasteiger partial charge < -0.3 is 10.1 Å². The molecule has 0 aliphatic heterocycles. The van der Waals surface area contributed by atoms with Gasteiger partial charge in [-0.2, -0.15) is 0 Å². The van der Waals surface area contributed by atoms with Gasteiger partial charge in [0.05, 0.1) is 28.6 Å². The van der Waals surface area contributed by atoms with Gasteiger partial charge in [-0.3, -0.25) is 10.1 Å². The van der Waals surface area contributed by atoms with Gasteiger partial charge in [0, 0.05) is 10.9 Å². The number of carbonyl (C=O) groups is 1. The van der Waals surface area contributed by atoms with Crippen molar-refractivity contribution in [3.8, 4) is 16.3 Å². The van der Waals surface area contributed by atoms with Crippen LogP contribution in [0, 0.1) is 6.92 Å². The molecule has 8 heteroatoms. The predicted octanol–water partition coefficient (Wildman–Crippen LogP) is 6.53. The van der Waals surface area contributed by atoms with E-state index in [1.807, 2.05) is 62.5 Å². The first-order valence-electron chi connectivity index (χ1n) is 10.4. The maximum Gasteiger partial charge on any atom is 0.257 e. The predicted molar refractivity (Wildman–Crippen MR) is 133 cm³/mol. The zero-order valence-corrected chi connectivity index (χ0v) is 19.8. The molecule has 0 spiro atoms. The Bertz CT molecular complexity index is 1220. The summed E-state index contributed by atoms with van der Waals surface area (Å²) in [6.07, 6.45) is 0.750. The van der Waals surface area contributed by atoms with Crippen molar-refractivity contribution in [1.82, 2.24) is 9.97 Å². The number of hydrogen-bond donors (Lipinski definition) is 2. The number of nitrogens with one attached hydrogen (secondary N) is 2. The fraction of sp³-hybridized carbons (Fsp3) is 0.208. The summed E-state index contributed by atoms with van der Waals surface area (Å²) >= 11 is 2.97. The SMILES string of the molecule is CCOc1ccc(C)cc1Nc1nc(-c2sc(NC(=O)c3ccccc3)nc2CC)cs1. The number of hydrogen-bond acceptors (Lipinski definition) is 7. The van der Waals surface area contributed by atoms with Gasteiger partial charge in [-0.05, 0) is 50.1 Å². The molecule has 2 aromatic heterocycles. The highest BCUT2D eigenvalue weighted by molar-refractivity contribution is 7.20. The van der Waals surface area contributed by atoms with Crippen molar-refractivity contribution >= 4 is 44.5 Å². The number of anilines is 3. The minimum absolute atomic E-state index is 0.169. The second-order valence-electron chi connectivity index (χ2n) is 7.06. The number of aromatic nitrogens is 2. The van der Waals surface area contributed by atoms with Crippen LogP contribution in [0.5, 0.6) is 5.75 Å². The molecular weight excluding hydrogens is 440 g/mol. The summed E-state index contributed by atoms with van der Waals surface area (Å²) in [5.41, 5.74) is 4.40. The summed E-state index contributed by atoms with van der Waals surface area (Å²) in [6, 6.07) is 15.2. The van der Waals surface area contributed by atoms with E-state index < -0.39 is 0 Å². The van der Waals surface area contributed by atoms with E-state index in [0.29, 0.717) is 17.3 Å². The van der Waals surface area contributed by atoms with Crippen molar-refractivity contribution in [2.24, 2.45) is 0 Å². The molecule has 4 rings (SSSR count). The van der Waals surface area contributed by atoms with Crippen LogP contribution in [0.15, 0.2) is 53.9 Å². The average Bonchev–Trinajstić information content (AvgIpc) is 3.43. The minimum atomic E-state index is -0.169. The topological polar surface area (TPSA) is 76.1 Å². The van der Waals surface area contributed by atoms with Gasteiger partial charge in [-0.15, -0.1) is 11.3 Å². The Hall–Kier alpha value is -3.23. The fourth-order valence-corrected chi connectivity index (χ4v) is 4.98. The zero-order valence-electron chi connectivity index (χ0n) is 18.1. The smallest absolute Gasteiger partial charge is 0.257 e. The molecule has 0 atom stereocenters. The molecule has 0 saturated heterocycles. The van der Waals surface area contributed by atoms with Gasteiger partial charge in [0.2, 0.25) is 0 Å². The monoisotopic (exact) mass is 464 g/mol. The number of benzene rings is 2. The van der Waals surface area contributed by atoms with Crippen molar-refractivity contribution in [3.63, 3.8) is 0 Å². The second-order valence-corrected chi connectivity index (χ2v) is 8.92. The standard InChI is InChI=1S/C24H24N4O2S2/c1-4-17-21(32-24(25-17)28-22(29)16-9-7-6-8-10-16)19-14-31-23(27-19)26-18-13-15(3)11-12-20(18)30-5-2/h6-14H,4-5H2,1-3H3,(H,26,27)(H,25,28,29). The van der Waals surface area contributed by atoms with Crippen molar-refractivity contribution in [2.75, 3.05) is 17.2 Å². The van der Waals surface area contributed by atoms with E-state index in [4.69, 9.17) is 9.72 Å². The lowest BCUT2D eigenvalue weighted by Gasteiger charge is -2.11. The van der Waals surface area contributed by atoms with Crippen molar-refractivity contribution in [2.45, 2.75) is 27.2 Å². The van der Waals surface area contributed by atoms with Crippen LogP contribution in [0.3, 0.4) is 0 Å². The van der Waals surface area contributed by atoms with Crippen LogP contribution in [0.1, 0.15) is 35.5 Å². The normalized spacial score (nSPS) is 10.7. The summed E-state index contributed by atoms with van der Waals surface area (Å²) in [5.74, 6) is 0.630. The van der Waals surface area contributed by atoms with Gasteiger partial charge in [-0.1, -0.05) is 42.5 Å². The van der Waals surface area contributed by atoms with Crippen LogP contribution in [-0.4, -0.2) is 22.5 Å². The van der Waals surface area contributed by atoms with Crippen LogP contribution >= 0.6 is 22.7 Å². The molecule has 0 aliphatic carbocycles. The van der Waals surface area contributed by atoms with Gasteiger partial charge in [0.25, 0.3) is 5.91 Å². The number of amides is 1. The van der Waals surface area contributed by atoms with Crippen molar-refractivity contribution < 1.29 is 9.53 Å². The highest BCUT2D eigenvalue weighted by atomic mass is 32.1. The van der Waals surface area contributed by atoms with Crippen LogP contribution in [0.4, 0.5) is 16.0 Å². The molecule has 0 bridgehead atoms. The van der Waals surface area contributed by atoms with E-state index >= 15 is 0 Å². The molecule has 164 valence electrons. The molecular formula is C24H24N4O2S2. The van der Waals surface area contributed by atoms with Crippen LogP contribution in [-0.2, 0) is 6.42 Å². The summed E-state index contributed by atoms with van der Waals surface area (Å²) < 4.78 is 5.74. The first kappa shape index (κ1) is 22.0. The molecule has 1 amide bonds. The molecule has 0 saturated carbocycles. The Morgan fingerprint density at radius 3 is 2.62 bits per heavy atom. The summed E-state index contributed by atoms with van der Waals surface area (Å²) in [5, 5.41) is 9.65. The number of aryl methyl sites for hydroxylation is 2. The number of nitrogens with zero attached hydrogens (tertiary/aromatic N) is 2. The number of carbonyl (C=O) groups excluding carboxylic acids is 1. The molecule has 0 radical (unpaired) electrons. The number of rotatable bonds is 8. The van der Waals surface area contributed by atoms with Crippen LogP contribution in [0.2, 0.25) is 0 Å². The first-order valence-corrected chi connectivity index (χ1v) is 12.1. The van der Waals surface area contributed by atoms with Gasteiger partial charge in [0.1, 0.15) is 5.75 Å². The van der Waals surface area contributed by atoms with Crippen molar-refractivity contribution in [1.29, 1.82) is 0 Å². The highest BCUT2D eigenvalue weighted by Crippen LogP contribution is 2.37. The Labute approximate surface area is 195 Å². The Balaban J connectivity index is 1.55. The third kappa shape index (κ3) is 4.98. The first-order chi connectivity index (χ1) is 15.6. The quantitative estimate of drug-likeness (QED) is 0.310. The molecule has 2 N–H and O–H groups in total. The Morgan fingerprint density at radius 1 is 1.06 bits per heavy atom. The van der Waals surface area contributed by atoms with E-state index in [1.165, 1.54) is 22.7 Å².